The van der Waals surface area contributed by atoms with Crippen LogP contribution in [0.2, 0.25) is 0 Å². The first-order valence-electron chi connectivity index (χ1n) is 6.72. The second-order valence-electron chi connectivity index (χ2n) is 5.23. The number of likely N-dealkylation sites (tertiary alicyclic amines) is 2. The van der Waals surface area contributed by atoms with Gasteiger partial charge in [-0.1, -0.05) is 0 Å². The Kier molecular flexibility index (Phi) is 4.74. The Morgan fingerprint density at radius 1 is 1.24 bits per heavy atom. The van der Waals surface area contributed by atoms with Crippen molar-refractivity contribution in [2.24, 2.45) is 0 Å². The molecule has 0 radical (unpaired) electrons. The second-order valence-corrected chi connectivity index (χ2v) is 6.22. The van der Waals surface area contributed by atoms with E-state index in [4.69, 9.17) is 0 Å². The molecule has 2 aliphatic rings. The maximum Gasteiger partial charge on any atom is 0.223 e. The number of amides is 1. The van der Waals surface area contributed by atoms with Gasteiger partial charge in [0, 0.05) is 30.8 Å². The zero-order valence-corrected chi connectivity index (χ0v) is 11.8. The zero-order valence-electron chi connectivity index (χ0n) is 11.0. The van der Waals surface area contributed by atoms with Crippen molar-refractivity contribution in [3.8, 4) is 0 Å². The van der Waals surface area contributed by atoms with Gasteiger partial charge in [-0.15, -0.1) is 0 Å². The first-order valence-corrected chi connectivity index (χ1v) is 8.12. The van der Waals surface area contributed by atoms with E-state index < -0.39 is 0 Å². The summed E-state index contributed by atoms with van der Waals surface area (Å²) in [5.41, 5.74) is 0. The number of nitrogens with zero attached hydrogens (tertiary/aromatic N) is 2. The Morgan fingerprint density at radius 3 is 2.59 bits per heavy atom. The van der Waals surface area contributed by atoms with E-state index in [1.54, 1.807) is 11.8 Å². The molecule has 0 aliphatic carbocycles. The van der Waals surface area contributed by atoms with Crippen molar-refractivity contribution in [2.75, 3.05) is 32.1 Å². The van der Waals surface area contributed by atoms with Crippen molar-refractivity contribution >= 4 is 17.7 Å². The molecule has 2 saturated heterocycles. The summed E-state index contributed by atoms with van der Waals surface area (Å²) in [7, 11) is 2.21. The molecule has 3 nitrogen and oxygen atoms in total. The molecule has 2 atom stereocenters. The Morgan fingerprint density at radius 2 is 1.94 bits per heavy atom. The highest BCUT2D eigenvalue weighted by Crippen LogP contribution is 2.29. The van der Waals surface area contributed by atoms with Crippen LogP contribution in [-0.2, 0) is 4.79 Å². The fraction of sp³-hybridized carbons (Fsp3) is 0.923. The molecule has 0 bridgehead atoms. The van der Waals surface area contributed by atoms with Crippen LogP contribution in [0.5, 0.6) is 0 Å². The van der Waals surface area contributed by atoms with Crippen molar-refractivity contribution in [3.63, 3.8) is 0 Å². The van der Waals surface area contributed by atoms with Gasteiger partial charge in [0.05, 0.1) is 0 Å². The van der Waals surface area contributed by atoms with Crippen molar-refractivity contribution in [2.45, 2.75) is 44.2 Å². The summed E-state index contributed by atoms with van der Waals surface area (Å²) in [6, 6.07) is 1.12. The van der Waals surface area contributed by atoms with Gasteiger partial charge in [0.2, 0.25) is 5.91 Å². The molecule has 17 heavy (non-hydrogen) atoms. The molecular weight excluding hydrogens is 232 g/mol. The van der Waals surface area contributed by atoms with Crippen LogP contribution < -0.4 is 0 Å². The normalized spacial score (nSPS) is 30.1. The lowest BCUT2D eigenvalue weighted by molar-refractivity contribution is -0.132. The molecule has 2 aliphatic heterocycles. The van der Waals surface area contributed by atoms with Crippen molar-refractivity contribution in [1.29, 1.82) is 0 Å². The Balaban J connectivity index is 1.94. The van der Waals surface area contributed by atoms with Crippen LogP contribution in [0.4, 0.5) is 0 Å². The number of rotatable bonds is 4. The fourth-order valence-electron chi connectivity index (χ4n) is 3.26. The molecule has 0 saturated carbocycles. The van der Waals surface area contributed by atoms with E-state index in [1.165, 1.54) is 32.2 Å². The third-order valence-electron chi connectivity index (χ3n) is 4.16. The lowest BCUT2D eigenvalue weighted by atomic mass is 10.0. The fourth-order valence-corrected chi connectivity index (χ4v) is 3.64. The summed E-state index contributed by atoms with van der Waals surface area (Å²) in [5, 5.41) is 0. The SMILES string of the molecule is CSCCC(=O)N1CCCC1C1CCCN1C. The first-order chi connectivity index (χ1) is 8.24. The van der Waals surface area contributed by atoms with Gasteiger partial charge in [-0.3, -0.25) is 4.79 Å². The first kappa shape index (κ1) is 13.2. The van der Waals surface area contributed by atoms with Gasteiger partial charge in [-0.05, 0) is 45.5 Å². The molecule has 2 rings (SSSR count). The van der Waals surface area contributed by atoms with Gasteiger partial charge < -0.3 is 9.80 Å². The van der Waals surface area contributed by atoms with Gasteiger partial charge in [0.15, 0.2) is 0 Å². The Labute approximate surface area is 109 Å². The summed E-state index contributed by atoms with van der Waals surface area (Å²) < 4.78 is 0. The minimum Gasteiger partial charge on any atom is -0.338 e. The predicted molar refractivity (Wildman–Crippen MR) is 73.4 cm³/mol. The quantitative estimate of drug-likeness (QED) is 0.766. The molecular formula is C13H24N2OS. The summed E-state index contributed by atoms with van der Waals surface area (Å²) in [6.07, 6.45) is 7.76. The molecule has 0 aromatic carbocycles. The van der Waals surface area contributed by atoms with Gasteiger partial charge >= 0.3 is 0 Å². The van der Waals surface area contributed by atoms with Crippen LogP contribution in [-0.4, -0.2) is 59.9 Å². The summed E-state index contributed by atoms with van der Waals surface area (Å²) in [4.78, 5) is 16.8. The minimum atomic E-state index is 0.377. The van der Waals surface area contributed by atoms with Gasteiger partial charge in [0.1, 0.15) is 0 Å². The molecule has 2 fully saturated rings. The van der Waals surface area contributed by atoms with Crippen LogP contribution in [0.25, 0.3) is 0 Å². The monoisotopic (exact) mass is 256 g/mol. The van der Waals surface area contributed by atoms with E-state index in [0.29, 0.717) is 24.4 Å². The lowest BCUT2D eigenvalue weighted by Crippen LogP contribution is -2.47. The zero-order chi connectivity index (χ0) is 12.3. The topological polar surface area (TPSA) is 23.6 Å². The molecule has 0 aromatic rings. The molecule has 0 N–H and O–H groups in total. The minimum absolute atomic E-state index is 0.377. The van der Waals surface area contributed by atoms with E-state index >= 15 is 0 Å². The Bertz CT molecular complexity index is 272. The van der Waals surface area contributed by atoms with Gasteiger partial charge in [-0.25, -0.2) is 0 Å². The molecule has 0 spiro atoms. The highest BCUT2D eigenvalue weighted by molar-refractivity contribution is 7.98. The number of hydrogen-bond acceptors (Lipinski definition) is 3. The highest BCUT2D eigenvalue weighted by Gasteiger charge is 2.37. The van der Waals surface area contributed by atoms with Gasteiger partial charge in [-0.2, -0.15) is 11.8 Å². The van der Waals surface area contributed by atoms with E-state index in [2.05, 4.69) is 23.1 Å². The number of carbonyl (C=O) groups excluding carboxylic acids is 1. The Hall–Kier alpha value is -0.220. The summed E-state index contributed by atoms with van der Waals surface area (Å²) >= 11 is 1.76. The maximum atomic E-state index is 12.2. The van der Waals surface area contributed by atoms with E-state index in [-0.39, 0.29) is 0 Å². The number of carbonyl (C=O) groups is 1. The van der Waals surface area contributed by atoms with Crippen molar-refractivity contribution in [1.82, 2.24) is 9.80 Å². The number of likely N-dealkylation sites (N-methyl/N-ethyl adjacent to an activating group) is 1. The molecule has 0 aromatic heterocycles. The maximum absolute atomic E-state index is 12.2. The van der Waals surface area contributed by atoms with Crippen LogP contribution in [0.15, 0.2) is 0 Å². The van der Waals surface area contributed by atoms with Crippen LogP contribution in [0, 0.1) is 0 Å². The second kappa shape index (κ2) is 6.10. The molecule has 98 valence electrons. The van der Waals surface area contributed by atoms with Crippen molar-refractivity contribution in [3.05, 3.63) is 0 Å². The smallest absolute Gasteiger partial charge is 0.223 e. The third kappa shape index (κ3) is 2.97. The van der Waals surface area contributed by atoms with Crippen LogP contribution in [0.3, 0.4) is 0 Å². The average Bonchev–Trinajstić information content (AvgIpc) is 2.93. The number of thioether (sulfide) groups is 1. The molecule has 4 heteroatoms. The predicted octanol–water partition coefficient (Wildman–Crippen LogP) is 1.82. The van der Waals surface area contributed by atoms with Gasteiger partial charge in [0.25, 0.3) is 0 Å². The lowest BCUT2D eigenvalue weighted by Gasteiger charge is -2.33. The molecule has 2 unspecified atom stereocenters. The largest absolute Gasteiger partial charge is 0.338 e. The van der Waals surface area contributed by atoms with Crippen molar-refractivity contribution < 1.29 is 4.79 Å². The van der Waals surface area contributed by atoms with E-state index in [0.717, 1.165) is 12.3 Å². The standard InChI is InChI=1S/C13H24N2OS/c1-14-8-3-5-11(14)12-6-4-9-15(12)13(16)7-10-17-2/h11-12H,3-10H2,1-2H3. The summed E-state index contributed by atoms with van der Waals surface area (Å²) in [5.74, 6) is 1.34. The highest BCUT2D eigenvalue weighted by atomic mass is 32.2. The molecule has 2 heterocycles. The van der Waals surface area contributed by atoms with Crippen LogP contribution in [0.1, 0.15) is 32.1 Å². The number of hydrogen-bond donors (Lipinski definition) is 0. The van der Waals surface area contributed by atoms with E-state index in [9.17, 15) is 4.79 Å². The third-order valence-corrected chi connectivity index (χ3v) is 4.77. The summed E-state index contributed by atoms with van der Waals surface area (Å²) in [6.45, 7) is 2.19. The van der Waals surface area contributed by atoms with Crippen LogP contribution >= 0.6 is 11.8 Å². The van der Waals surface area contributed by atoms with E-state index in [1.807, 2.05) is 0 Å². The molecule has 1 amide bonds. The average molecular weight is 256 g/mol.